The minimum atomic E-state index is -0.639. The van der Waals surface area contributed by atoms with Crippen molar-refractivity contribution in [3.05, 3.63) is 42.0 Å². The lowest BCUT2D eigenvalue weighted by molar-refractivity contribution is -0.119. The summed E-state index contributed by atoms with van der Waals surface area (Å²) in [6.07, 6.45) is 0. The Kier molecular flexibility index (Phi) is 5.65. The van der Waals surface area contributed by atoms with E-state index in [2.05, 4.69) is 5.32 Å². The Labute approximate surface area is 155 Å². The zero-order valence-electron chi connectivity index (χ0n) is 14.9. The minimum absolute atomic E-state index is 0.149. The third kappa shape index (κ3) is 4.41. The molecule has 0 aromatic heterocycles. The highest BCUT2D eigenvalue weighted by molar-refractivity contribution is 5.96. The van der Waals surface area contributed by atoms with Crippen LogP contribution in [0.1, 0.15) is 17.3 Å². The SMILES string of the molecule is CCOc1cc(C(=O)OCC(=O)Nc2ccc3c(c2)OCO3)ccc1OC. The smallest absolute Gasteiger partial charge is 0.338 e. The quantitative estimate of drug-likeness (QED) is 0.746. The van der Waals surface area contributed by atoms with E-state index in [1.165, 1.54) is 13.2 Å². The number of amides is 1. The van der Waals surface area contributed by atoms with Gasteiger partial charge in [0.15, 0.2) is 29.6 Å². The number of hydrogen-bond acceptors (Lipinski definition) is 7. The normalized spacial score (nSPS) is 11.6. The lowest BCUT2D eigenvalue weighted by Crippen LogP contribution is -2.21. The van der Waals surface area contributed by atoms with Gasteiger partial charge in [-0.05, 0) is 37.3 Å². The van der Waals surface area contributed by atoms with Gasteiger partial charge in [-0.15, -0.1) is 0 Å². The summed E-state index contributed by atoms with van der Waals surface area (Å²) in [5.74, 6) is 0.990. The van der Waals surface area contributed by atoms with Gasteiger partial charge in [0.25, 0.3) is 5.91 Å². The van der Waals surface area contributed by atoms with E-state index in [0.717, 1.165) is 0 Å². The van der Waals surface area contributed by atoms with E-state index in [-0.39, 0.29) is 12.4 Å². The number of nitrogens with one attached hydrogen (secondary N) is 1. The predicted molar refractivity (Wildman–Crippen MR) is 95.6 cm³/mol. The van der Waals surface area contributed by atoms with Gasteiger partial charge in [-0.3, -0.25) is 4.79 Å². The highest BCUT2D eigenvalue weighted by atomic mass is 16.7. The Morgan fingerprint density at radius 2 is 1.89 bits per heavy atom. The summed E-state index contributed by atoms with van der Waals surface area (Å²) in [4.78, 5) is 24.2. The fourth-order valence-corrected chi connectivity index (χ4v) is 2.46. The highest BCUT2D eigenvalue weighted by Crippen LogP contribution is 2.34. The summed E-state index contributed by atoms with van der Waals surface area (Å²) in [6.45, 7) is 1.97. The van der Waals surface area contributed by atoms with Crippen molar-refractivity contribution in [2.45, 2.75) is 6.92 Å². The van der Waals surface area contributed by atoms with Crippen molar-refractivity contribution in [1.82, 2.24) is 0 Å². The summed E-state index contributed by atoms with van der Waals surface area (Å²) in [6, 6.07) is 9.66. The van der Waals surface area contributed by atoms with Crippen LogP contribution in [0.2, 0.25) is 0 Å². The number of carbonyl (C=O) groups excluding carboxylic acids is 2. The van der Waals surface area contributed by atoms with Crippen molar-refractivity contribution in [1.29, 1.82) is 0 Å². The Balaban J connectivity index is 1.57. The Bertz CT molecular complexity index is 850. The molecule has 0 radical (unpaired) electrons. The number of hydrogen-bond donors (Lipinski definition) is 1. The summed E-state index contributed by atoms with van der Waals surface area (Å²) in [7, 11) is 1.51. The zero-order chi connectivity index (χ0) is 19.2. The number of ether oxygens (including phenoxy) is 5. The molecule has 1 N–H and O–H groups in total. The number of rotatable bonds is 7. The second-order valence-electron chi connectivity index (χ2n) is 5.49. The fraction of sp³-hybridized carbons (Fsp3) is 0.263. The molecule has 0 saturated carbocycles. The van der Waals surface area contributed by atoms with Gasteiger partial charge in [-0.1, -0.05) is 0 Å². The summed E-state index contributed by atoms with van der Waals surface area (Å²) >= 11 is 0. The molecule has 1 aliphatic rings. The van der Waals surface area contributed by atoms with Gasteiger partial charge >= 0.3 is 5.97 Å². The van der Waals surface area contributed by atoms with Crippen LogP contribution in [0.3, 0.4) is 0 Å². The van der Waals surface area contributed by atoms with Gasteiger partial charge in [0, 0.05) is 11.8 Å². The van der Waals surface area contributed by atoms with E-state index in [4.69, 9.17) is 23.7 Å². The number of carbonyl (C=O) groups is 2. The maximum absolute atomic E-state index is 12.2. The molecule has 1 heterocycles. The van der Waals surface area contributed by atoms with Gasteiger partial charge in [-0.25, -0.2) is 4.79 Å². The molecule has 0 unspecified atom stereocenters. The van der Waals surface area contributed by atoms with Crippen LogP contribution in [0, 0.1) is 0 Å². The molecule has 0 atom stereocenters. The van der Waals surface area contributed by atoms with Gasteiger partial charge in [-0.2, -0.15) is 0 Å². The molecule has 1 aliphatic heterocycles. The average Bonchev–Trinajstić information content (AvgIpc) is 3.14. The van der Waals surface area contributed by atoms with Crippen LogP contribution in [0.4, 0.5) is 5.69 Å². The van der Waals surface area contributed by atoms with Gasteiger partial charge in [0.1, 0.15) is 0 Å². The number of esters is 1. The van der Waals surface area contributed by atoms with Crippen molar-refractivity contribution in [2.24, 2.45) is 0 Å². The first kappa shape index (κ1) is 18.4. The lowest BCUT2D eigenvalue weighted by atomic mass is 10.2. The fourth-order valence-electron chi connectivity index (χ4n) is 2.46. The molecule has 27 heavy (non-hydrogen) atoms. The molecular formula is C19H19NO7. The molecule has 0 fully saturated rings. The zero-order valence-corrected chi connectivity index (χ0v) is 14.9. The van der Waals surface area contributed by atoms with E-state index >= 15 is 0 Å². The molecule has 8 heteroatoms. The second-order valence-corrected chi connectivity index (χ2v) is 5.49. The van der Waals surface area contributed by atoms with E-state index in [1.807, 2.05) is 6.92 Å². The van der Waals surface area contributed by atoms with Crippen LogP contribution in [-0.2, 0) is 9.53 Å². The molecule has 2 aromatic carbocycles. The first-order chi connectivity index (χ1) is 13.1. The second kappa shape index (κ2) is 8.31. The summed E-state index contributed by atoms with van der Waals surface area (Å²) < 4.78 is 26.1. The van der Waals surface area contributed by atoms with Crippen LogP contribution in [0.5, 0.6) is 23.0 Å². The molecule has 0 aliphatic carbocycles. The van der Waals surface area contributed by atoms with Gasteiger partial charge in [0.05, 0.1) is 19.3 Å². The Hall–Kier alpha value is -3.42. The first-order valence-electron chi connectivity index (χ1n) is 8.28. The maximum Gasteiger partial charge on any atom is 0.338 e. The van der Waals surface area contributed by atoms with Crippen molar-refractivity contribution >= 4 is 17.6 Å². The van der Waals surface area contributed by atoms with Gasteiger partial charge < -0.3 is 29.0 Å². The molecule has 3 rings (SSSR count). The Morgan fingerprint density at radius 1 is 1.07 bits per heavy atom. The van der Waals surface area contributed by atoms with Crippen molar-refractivity contribution < 1.29 is 33.3 Å². The standard InChI is InChI=1S/C19H19NO7/c1-3-24-16-8-12(4-6-14(16)23-2)19(22)25-10-18(21)20-13-5-7-15-17(9-13)27-11-26-15/h4-9H,3,10-11H2,1-2H3,(H,20,21). The topological polar surface area (TPSA) is 92.3 Å². The third-order valence-corrected chi connectivity index (χ3v) is 3.69. The van der Waals surface area contributed by atoms with Crippen LogP contribution >= 0.6 is 0 Å². The molecular weight excluding hydrogens is 354 g/mol. The van der Waals surface area contributed by atoms with E-state index in [9.17, 15) is 9.59 Å². The molecule has 8 nitrogen and oxygen atoms in total. The lowest BCUT2D eigenvalue weighted by Gasteiger charge is -2.11. The molecule has 0 bridgehead atoms. The maximum atomic E-state index is 12.2. The van der Waals surface area contributed by atoms with E-state index in [1.54, 1.807) is 30.3 Å². The molecule has 142 valence electrons. The van der Waals surface area contributed by atoms with Crippen LogP contribution in [0.25, 0.3) is 0 Å². The minimum Gasteiger partial charge on any atom is -0.493 e. The van der Waals surface area contributed by atoms with Crippen LogP contribution < -0.4 is 24.3 Å². The highest BCUT2D eigenvalue weighted by Gasteiger charge is 2.16. The Morgan fingerprint density at radius 3 is 2.67 bits per heavy atom. The molecule has 0 saturated heterocycles. The third-order valence-electron chi connectivity index (χ3n) is 3.69. The van der Waals surface area contributed by atoms with E-state index in [0.29, 0.717) is 35.3 Å². The number of fused-ring (bicyclic) bond motifs is 1. The average molecular weight is 373 g/mol. The van der Waals surface area contributed by atoms with Crippen molar-refractivity contribution in [3.8, 4) is 23.0 Å². The number of benzene rings is 2. The molecule has 1 amide bonds. The van der Waals surface area contributed by atoms with Crippen molar-refractivity contribution in [3.63, 3.8) is 0 Å². The molecule has 0 spiro atoms. The first-order valence-corrected chi connectivity index (χ1v) is 8.28. The predicted octanol–water partition coefficient (Wildman–Crippen LogP) is 2.62. The van der Waals surface area contributed by atoms with Crippen LogP contribution in [0.15, 0.2) is 36.4 Å². The van der Waals surface area contributed by atoms with E-state index < -0.39 is 18.5 Å². The molecule has 2 aromatic rings. The van der Waals surface area contributed by atoms with Crippen molar-refractivity contribution in [2.75, 3.05) is 32.4 Å². The number of methoxy groups -OCH3 is 1. The summed E-state index contributed by atoms with van der Waals surface area (Å²) in [5.41, 5.74) is 0.776. The largest absolute Gasteiger partial charge is 0.493 e. The van der Waals surface area contributed by atoms with Crippen LogP contribution in [-0.4, -0.2) is 39.0 Å². The monoisotopic (exact) mass is 373 g/mol. The van der Waals surface area contributed by atoms with Gasteiger partial charge in [0.2, 0.25) is 6.79 Å². The summed E-state index contributed by atoms with van der Waals surface area (Å²) in [5, 5.41) is 2.63. The number of anilines is 1.